The van der Waals surface area contributed by atoms with Gasteiger partial charge in [0.25, 0.3) is 0 Å². The second-order valence-corrected chi connectivity index (χ2v) is 6.84. The van der Waals surface area contributed by atoms with Crippen LogP contribution in [-0.2, 0) is 11.3 Å². The van der Waals surface area contributed by atoms with E-state index < -0.39 is 0 Å². The smallest absolute Gasteiger partial charge is 0.225 e. The number of nitrogens with zero attached hydrogens (tertiary/aromatic N) is 1. The minimum Gasteiger partial charge on any atom is -0.324 e. The van der Waals surface area contributed by atoms with Crippen molar-refractivity contribution in [2.24, 2.45) is 0 Å². The maximum absolute atomic E-state index is 12.1. The Morgan fingerprint density at radius 3 is 2.61 bits per heavy atom. The van der Waals surface area contributed by atoms with Crippen LogP contribution in [-0.4, -0.2) is 23.9 Å². The molecule has 0 fully saturated rings. The van der Waals surface area contributed by atoms with Crippen molar-refractivity contribution in [2.75, 3.05) is 18.4 Å². The van der Waals surface area contributed by atoms with Crippen molar-refractivity contribution >= 4 is 46.1 Å². The highest BCUT2D eigenvalue weighted by Crippen LogP contribution is 2.29. The lowest BCUT2D eigenvalue weighted by Gasteiger charge is -2.19. The molecule has 0 saturated carbocycles. The van der Waals surface area contributed by atoms with Crippen LogP contribution in [0.4, 0.5) is 5.69 Å². The Labute approximate surface area is 150 Å². The van der Waals surface area contributed by atoms with Crippen molar-refractivity contribution < 1.29 is 4.79 Å². The molecule has 0 aliphatic rings. The van der Waals surface area contributed by atoms with Gasteiger partial charge in [-0.15, -0.1) is 17.9 Å². The van der Waals surface area contributed by atoms with Crippen LogP contribution in [0.2, 0.25) is 10.0 Å². The Balaban J connectivity index is 1.89. The number of thiophene rings is 1. The van der Waals surface area contributed by atoms with E-state index >= 15 is 0 Å². The van der Waals surface area contributed by atoms with E-state index in [1.807, 2.05) is 17.5 Å². The summed E-state index contributed by atoms with van der Waals surface area (Å²) < 4.78 is 0. The van der Waals surface area contributed by atoms with Gasteiger partial charge in [0.2, 0.25) is 5.91 Å². The third-order valence-corrected chi connectivity index (χ3v) is 4.72. The molecule has 23 heavy (non-hydrogen) atoms. The Morgan fingerprint density at radius 2 is 2.00 bits per heavy atom. The van der Waals surface area contributed by atoms with Gasteiger partial charge in [-0.1, -0.05) is 41.4 Å². The molecule has 1 heterocycles. The van der Waals surface area contributed by atoms with Crippen LogP contribution < -0.4 is 5.32 Å². The molecule has 1 amide bonds. The lowest BCUT2D eigenvalue weighted by molar-refractivity contribution is -0.116. The van der Waals surface area contributed by atoms with E-state index in [-0.39, 0.29) is 5.91 Å². The number of carbonyl (C=O) groups is 1. The number of nitrogens with one attached hydrogen (secondary N) is 1. The van der Waals surface area contributed by atoms with Gasteiger partial charge < -0.3 is 5.32 Å². The second kappa shape index (κ2) is 9.08. The van der Waals surface area contributed by atoms with Gasteiger partial charge >= 0.3 is 0 Å². The number of amides is 1. The summed E-state index contributed by atoms with van der Waals surface area (Å²) >= 11 is 13.8. The van der Waals surface area contributed by atoms with E-state index in [2.05, 4.69) is 22.9 Å². The Hall–Kier alpha value is -1.33. The molecular weight excluding hydrogens is 351 g/mol. The maximum Gasteiger partial charge on any atom is 0.225 e. The quantitative estimate of drug-likeness (QED) is 0.659. The Morgan fingerprint density at radius 1 is 1.26 bits per heavy atom. The molecule has 2 aromatic rings. The van der Waals surface area contributed by atoms with Gasteiger partial charge in [-0.25, -0.2) is 0 Å². The fourth-order valence-electron chi connectivity index (χ4n) is 2.12. The van der Waals surface area contributed by atoms with E-state index in [9.17, 15) is 4.79 Å². The molecule has 1 aromatic heterocycles. The van der Waals surface area contributed by atoms with Gasteiger partial charge in [-0.3, -0.25) is 9.69 Å². The average Bonchev–Trinajstić information content (AvgIpc) is 3.02. The molecule has 2 rings (SSSR count). The highest BCUT2D eigenvalue weighted by atomic mass is 35.5. The van der Waals surface area contributed by atoms with Crippen LogP contribution >= 0.6 is 34.5 Å². The number of benzene rings is 1. The first kappa shape index (κ1) is 18.0. The predicted octanol–water partition coefficient (Wildman–Crippen LogP) is 5.07. The zero-order valence-electron chi connectivity index (χ0n) is 12.6. The second-order valence-electron chi connectivity index (χ2n) is 5.00. The maximum atomic E-state index is 12.1. The largest absolute Gasteiger partial charge is 0.324 e. The molecule has 0 saturated heterocycles. The highest BCUT2D eigenvalue weighted by molar-refractivity contribution is 7.09. The van der Waals surface area contributed by atoms with Gasteiger partial charge in [0, 0.05) is 30.9 Å². The number of para-hydroxylation sites is 1. The molecule has 0 unspecified atom stereocenters. The molecule has 0 spiro atoms. The fraction of sp³-hybridized carbons (Fsp3) is 0.235. The van der Waals surface area contributed by atoms with Gasteiger partial charge in [-0.2, -0.15) is 0 Å². The average molecular weight is 369 g/mol. The molecular formula is C17H18Cl2N2OS. The van der Waals surface area contributed by atoms with Crippen LogP contribution in [0.25, 0.3) is 0 Å². The Bertz CT molecular complexity index is 638. The molecule has 0 atom stereocenters. The molecule has 1 N–H and O–H groups in total. The summed E-state index contributed by atoms with van der Waals surface area (Å²) in [6, 6.07) is 9.25. The van der Waals surface area contributed by atoms with Crippen molar-refractivity contribution in [1.29, 1.82) is 0 Å². The number of rotatable bonds is 8. The molecule has 0 aliphatic heterocycles. The van der Waals surface area contributed by atoms with Crippen LogP contribution in [0.1, 0.15) is 11.3 Å². The molecule has 122 valence electrons. The molecule has 0 radical (unpaired) electrons. The number of hydrogen-bond acceptors (Lipinski definition) is 3. The van der Waals surface area contributed by atoms with Crippen molar-refractivity contribution in [3.05, 3.63) is 63.3 Å². The van der Waals surface area contributed by atoms with E-state index in [0.717, 1.165) is 13.1 Å². The first-order valence-corrected chi connectivity index (χ1v) is 8.83. The summed E-state index contributed by atoms with van der Waals surface area (Å²) in [5.74, 6) is -0.111. The van der Waals surface area contributed by atoms with Gasteiger partial charge in [-0.05, 0) is 23.6 Å². The summed E-state index contributed by atoms with van der Waals surface area (Å²) in [6.45, 7) is 5.95. The molecule has 1 aromatic carbocycles. The third-order valence-electron chi connectivity index (χ3n) is 3.23. The van der Waals surface area contributed by atoms with Crippen molar-refractivity contribution in [3.63, 3.8) is 0 Å². The minimum absolute atomic E-state index is 0.111. The van der Waals surface area contributed by atoms with E-state index in [1.54, 1.807) is 29.5 Å². The van der Waals surface area contributed by atoms with E-state index in [0.29, 0.717) is 28.7 Å². The van der Waals surface area contributed by atoms with Gasteiger partial charge in [0.15, 0.2) is 0 Å². The molecule has 0 bridgehead atoms. The van der Waals surface area contributed by atoms with Crippen molar-refractivity contribution in [3.8, 4) is 0 Å². The SMILES string of the molecule is C=CCN(CCC(=O)Nc1c(Cl)cccc1Cl)Cc1cccs1. The number of hydrogen-bond donors (Lipinski definition) is 1. The first-order valence-electron chi connectivity index (χ1n) is 7.19. The monoisotopic (exact) mass is 368 g/mol. The summed E-state index contributed by atoms with van der Waals surface area (Å²) in [5.41, 5.74) is 0.467. The lowest BCUT2D eigenvalue weighted by atomic mass is 10.3. The van der Waals surface area contributed by atoms with Gasteiger partial charge in [0.05, 0.1) is 15.7 Å². The molecule has 6 heteroatoms. The standard InChI is InChI=1S/C17H18Cl2N2OS/c1-2-9-21(12-13-5-4-11-23-13)10-8-16(22)20-17-14(18)6-3-7-15(17)19/h2-7,11H,1,8-10,12H2,(H,20,22). The molecule has 3 nitrogen and oxygen atoms in total. The van der Waals surface area contributed by atoms with Crippen LogP contribution in [0, 0.1) is 0 Å². The zero-order chi connectivity index (χ0) is 16.7. The van der Waals surface area contributed by atoms with Crippen molar-refractivity contribution in [2.45, 2.75) is 13.0 Å². The Kier molecular flexibility index (Phi) is 7.12. The van der Waals surface area contributed by atoms with E-state index in [4.69, 9.17) is 23.2 Å². The highest BCUT2D eigenvalue weighted by Gasteiger charge is 2.12. The van der Waals surface area contributed by atoms with Crippen LogP contribution in [0.3, 0.4) is 0 Å². The zero-order valence-corrected chi connectivity index (χ0v) is 14.9. The lowest BCUT2D eigenvalue weighted by Crippen LogP contribution is -2.27. The minimum atomic E-state index is -0.111. The fourth-order valence-corrected chi connectivity index (χ4v) is 3.36. The topological polar surface area (TPSA) is 32.3 Å². The van der Waals surface area contributed by atoms with E-state index in [1.165, 1.54) is 4.88 Å². The van der Waals surface area contributed by atoms with Crippen molar-refractivity contribution in [1.82, 2.24) is 4.90 Å². The molecule has 0 aliphatic carbocycles. The third kappa shape index (κ3) is 5.66. The van der Waals surface area contributed by atoms with Crippen LogP contribution in [0.15, 0.2) is 48.4 Å². The first-order chi connectivity index (χ1) is 11.1. The summed E-state index contributed by atoms with van der Waals surface area (Å²) in [5, 5.41) is 5.71. The number of carbonyl (C=O) groups excluding carboxylic acids is 1. The predicted molar refractivity (Wildman–Crippen MR) is 99.5 cm³/mol. The summed E-state index contributed by atoms with van der Waals surface area (Å²) in [4.78, 5) is 15.6. The number of halogens is 2. The van der Waals surface area contributed by atoms with Crippen LogP contribution in [0.5, 0.6) is 0 Å². The summed E-state index contributed by atoms with van der Waals surface area (Å²) in [6.07, 6.45) is 2.21. The van der Waals surface area contributed by atoms with Gasteiger partial charge in [0.1, 0.15) is 0 Å². The summed E-state index contributed by atoms with van der Waals surface area (Å²) in [7, 11) is 0. The number of anilines is 1. The normalized spacial score (nSPS) is 10.7.